The van der Waals surface area contributed by atoms with Gasteiger partial charge in [0.1, 0.15) is 11.5 Å². The average Bonchev–Trinajstić information content (AvgIpc) is 3.00. The van der Waals surface area contributed by atoms with E-state index in [1.165, 1.54) is 10.6 Å². The number of benzene rings is 1. The molecular weight excluding hydrogens is 320 g/mol. The van der Waals surface area contributed by atoms with Gasteiger partial charge < -0.3 is 10.1 Å². The van der Waals surface area contributed by atoms with Gasteiger partial charge in [-0.15, -0.1) is 0 Å². The van der Waals surface area contributed by atoms with E-state index in [1.807, 2.05) is 24.3 Å². The highest BCUT2D eigenvalue weighted by Gasteiger charge is 2.07. The molecule has 4 aromatic rings. The van der Waals surface area contributed by atoms with Gasteiger partial charge in [-0.1, -0.05) is 0 Å². The van der Waals surface area contributed by atoms with Crippen LogP contribution in [0.25, 0.3) is 5.78 Å². The van der Waals surface area contributed by atoms with Crippen molar-refractivity contribution >= 4 is 17.4 Å². The Morgan fingerprint density at radius 3 is 2.52 bits per heavy atom. The summed E-state index contributed by atoms with van der Waals surface area (Å²) in [6.45, 7) is 1.75. The Kier molecular flexibility index (Phi) is 3.62. The minimum atomic E-state index is -0.204. The summed E-state index contributed by atoms with van der Waals surface area (Å²) in [5.41, 5.74) is 1.22. The zero-order valence-corrected chi connectivity index (χ0v) is 13.3. The summed E-state index contributed by atoms with van der Waals surface area (Å²) in [6, 6.07) is 12.4. The Labute approximate surface area is 142 Å². The maximum atomic E-state index is 11.9. The number of fused-ring (bicyclic) bond motifs is 1. The van der Waals surface area contributed by atoms with Gasteiger partial charge >= 0.3 is 0 Å². The fourth-order valence-corrected chi connectivity index (χ4v) is 2.33. The Morgan fingerprint density at radius 1 is 1.04 bits per heavy atom. The summed E-state index contributed by atoms with van der Waals surface area (Å²) in [7, 11) is 0. The number of hydrogen-bond acceptors (Lipinski definition) is 6. The molecule has 0 radical (unpaired) electrons. The third kappa shape index (κ3) is 3.18. The lowest BCUT2D eigenvalue weighted by Gasteiger charge is -2.06. The minimum absolute atomic E-state index is 0.204. The second-order valence-corrected chi connectivity index (χ2v) is 5.38. The Morgan fingerprint density at radius 2 is 1.76 bits per heavy atom. The zero-order chi connectivity index (χ0) is 17.2. The van der Waals surface area contributed by atoms with Crippen molar-refractivity contribution in [2.24, 2.45) is 0 Å². The third-order valence-corrected chi connectivity index (χ3v) is 3.46. The van der Waals surface area contributed by atoms with Gasteiger partial charge in [-0.2, -0.15) is 9.50 Å². The smallest absolute Gasteiger partial charge is 0.274 e. The van der Waals surface area contributed by atoms with Crippen LogP contribution in [0.2, 0.25) is 0 Å². The molecule has 0 spiro atoms. The summed E-state index contributed by atoms with van der Waals surface area (Å²) in [5.74, 6) is 2.17. The molecule has 1 aromatic carbocycles. The standard InChI is InChI=1S/C17H14N6O2/c1-11-10-15(24)23-17(19-11)21-16(22-23)20-12-2-4-13(5-3-12)25-14-6-8-18-9-7-14/h2-10H,1H3,(H2,19,20,21,22). The van der Waals surface area contributed by atoms with E-state index in [0.29, 0.717) is 28.9 Å². The second-order valence-electron chi connectivity index (χ2n) is 5.38. The molecule has 0 saturated heterocycles. The van der Waals surface area contributed by atoms with Crippen molar-refractivity contribution in [3.63, 3.8) is 0 Å². The highest BCUT2D eigenvalue weighted by molar-refractivity contribution is 5.56. The van der Waals surface area contributed by atoms with Gasteiger partial charge in [0.15, 0.2) is 0 Å². The lowest BCUT2D eigenvalue weighted by Crippen LogP contribution is -2.14. The van der Waals surface area contributed by atoms with Crippen molar-refractivity contribution in [3.8, 4) is 11.5 Å². The zero-order valence-electron chi connectivity index (χ0n) is 13.3. The summed E-state index contributed by atoms with van der Waals surface area (Å²) in [5, 5.41) is 5.97. The lowest BCUT2D eigenvalue weighted by molar-refractivity contribution is 0.482. The second kappa shape index (κ2) is 6.08. The van der Waals surface area contributed by atoms with Crippen LogP contribution >= 0.6 is 0 Å². The van der Waals surface area contributed by atoms with Crippen LogP contribution in [-0.2, 0) is 0 Å². The molecule has 8 heteroatoms. The normalized spacial score (nSPS) is 10.8. The number of aromatic amines is 1. The number of ether oxygens (including phenoxy) is 1. The molecule has 0 unspecified atom stereocenters. The largest absolute Gasteiger partial charge is 0.457 e. The first-order valence-electron chi connectivity index (χ1n) is 7.59. The van der Waals surface area contributed by atoms with Gasteiger partial charge in [-0.05, 0) is 43.3 Å². The lowest BCUT2D eigenvalue weighted by atomic mass is 10.3. The van der Waals surface area contributed by atoms with Crippen molar-refractivity contribution in [3.05, 3.63) is 70.9 Å². The number of nitrogens with one attached hydrogen (secondary N) is 2. The molecule has 0 saturated carbocycles. The van der Waals surface area contributed by atoms with E-state index in [4.69, 9.17) is 4.74 Å². The molecule has 0 aliphatic carbocycles. The van der Waals surface area contributed by atoms with Crippen LogP contribution in [-0.4, -0.2) is 24.6 Å². The molecule has 0 fully saturated rings. The summed E-state index contributed by atoms with van der Waals surface area (Å²) >= 11 is 0. The maximum absolute atomic E-state index is 11.9. The van der Waals surface area contributed by atoms with E-state index in [1.54, 1.807) is 31.5 Å². The van der Waals surface area contributed by atoms with Gasteiger partial charge in [-0.25, -0.2) is 4.98 Å². The van der Waals surface area contributed by atoms with Crippen LogP contribution in [0.15, 0.2) is 59.7 Å². The van der Waals surface area contributed by atoms with Crippen molar-refractivity contribution in [1.82, 2.24) is 24.6 Å². The fourth-order valence-electron chi connectivity index (χ4n) is 2.33. The molecule has 25 heavy (non-hydrogen) atoms. The monoisotopic (exact) mass is 334 g/mol. The quantitative estimate of drug-likeness (QED) is 0.595. The van der Waals surface area contributed by atoms with E-state index < -0.39 is 0 Å². The number of hydrogen-bond donors (Lipinski definition) is 2. The minimum Gasteiger partial charge on any atom is -0.457 e. The first-order valence-corrected chi connectivity index (χ1v) is 7.59. The Hall–Kier alpha value is -3.68. The van der Waals surface area contributed by atoms with E-state index in [0.717, 1.165) is 5.69 Å². The highest BCUT2D eigenvalue weighted by atomic mass is 16.5. The van der Waals surface area contributed by atoms with Crippen molar-refractivity contribution in [1.29, 1.82) is 0 Å². The number of aromatic nitrogens is 5. The van der Waals surface area contributed by atoms with Gasteiger partial charge in [0.25, 0.3) is 11.3 Å². The molecular formula is C17H14N6O2. The SMILES string of the molecule is Cc1cc(=O)n2[nH]c(Nc3ccc(Oc4ccncc4)cc3)nc2n1. The van der Waals surface area contributed by atoms with Crippen molar-refractivity contribution in [2.45, 2.75) is 6.92 Å². The predicted molar refractivity (Wildman–Crippen MR) is 92.4 cm³/mol. The maximum Gasteiger partial charge on any atom is 0.274 e. The van der Waals surface area contributed by atoms with Crippen molar-refractivity contribution < 1.29 is 4.74 Å². The molecule has 4 rings (SSSR count). The van der Waals surface area contributed by atoms with Gasteiger partial charge in [0.2, 0.25) is 5.95 Å². The molecule has 3 heterocycles. The summed E-state index contributed by atoms with van der Waals surface area (Å²) in [4.78, 5) is 24.3. The van der Waals surface area contributed by atoms with E-state index in [-0.39, 0.29) is 5.56 Å². The molecule has 0 aliphatic heterocycles. The molecule has 2 N–H and O–H groups in total. The first-order chi connectivity index (χ1) is 12.2. The third-order valence-electron chi connectivity index (χ3n) is 3.46. The van der Waals surface area contributed by atoms with Gasteiger partial charge in [0.05, 0.1) is 0 Å². The number of anilines is 2. The predicted octanol–water partition coefficient (Wildman–Crippen LogP) is 2.66. The van der Waals surface area contributed by atoms with Crippen LogP contribution < -0.4 is 15.6 Å². The molecule has 0 bridgehead atoms. The highest BCUT2D eigenvalue weighted by Crippen LogP contribution is 2.23. The number of nitrogens with zero attached hydrogens (tertiary/aromatic N) is 4. The number of H-pyrrole nitrogens is 1. The molecule has 8 nitrogen and oxygen atoms in total. The Balaban J connectivity index is 1.53. The molecule has 0 aliphatic rings. The van der Waals surface area contributed by atoms with Gasteiger partial charge in [0, 0.05) is 29.8 Å². The summed E-state index contributed by atoms with van der Waals surface area (Å²) in [6.07, 6.45) is 3.34. The number of aryl methyl sites for hydroxylation is 1. The van der Waals surface area contributed by atoms with Crippen LogP contribution in [0.5, 0.6) is 11.5 Å². The molecule has 0 atom stereocenters. The van der Waals surface area contributed by atoms with Crippen LogP contribution in [0.1, 0.15) is 5.69 Å². The van der Waals surface area contributed by atoms with E-state index in [2.05, 4.69) is 25.4 Å². The van der Waals surface area contributed by atoms with Crippen molar-refractivity contribution in [2.75, 3.05) is 5.32 Å². The first kappa shape index (κ1) is 14.9. The summed E-state index contributed by atoms with van der Waals surface area (Å²) < 4.78 is 7.00. The topological polar surface area (TPSA) is 97.2 Å². The molecule has 0 amide bonds. The van der Waals surface area contributed by atoms with E-state index in [9.17, 15) is 4.79 Å². The van der Waals surface area contributed by atoms with E-state index >= 15 is 0 Å². The number of pyridine rings is 1. The molecule has 3 aromatic heterocycles. The Bertz CT molecular complexity index is 1070. The average molecular weight is 334 g/mol. The van der Waals surface area contributed by atoms with Gasteiger partial charge in [-0.3, -0.25) is 14.9 Å². The van der Waals surface area contributed by atoms with Crippen LogP contribution in [0.3, 0.4) is 0 Å². The molecule has 124 valence electrons. The fraction of sp³-hybridized carbons (Fsp3) is 0.0588. The van der Waals surface area contributed by atoms with Crippen LogP contribution in [0.4, 0.5) is 11.6 Å². The van der Waals surface area contributed by atoms with Crippen LogP contribution in [0, 0.1) is 6.92 Å². The number of rotatable bonds is 4.